The average Bonchev–Trinajstić information content (AvgIpc) is 2.25. The van der Waals surface area contributed by atoms with E-state index in [0.717, 1.165) is 12.0 Å². The molecule has 1 fully saturated rings. The largest absolute Gasteiger partial charge is 0.314 e. The van der Waals surface area contributed by atoms with Gasteiger partial charge in [0.15, 0.2) is 0 Å². The van der Waals surface area contributed by atoms with Crippen LogP contribution in [0.5, 0.6) is 0 Å². The zero-order valence-corrected chi connectivity index (χ0v) is 13.0. The highest BCUT2D eigenvalue weighted by molar-refractivity contribution is 7.98. The maximum Gasteiger partial charge on any atom is 0.00930 e. The number of nitrogens with one attached hydrogen (secondary N) is 1. The van der Waals surface area contributed by atoms with Crippen LogP contribution >= 0.6 is 11.8 Å². The molecule has 1 aliphatic carbocycles. The molecule has 2 heteroatoms. The number of rotatable bonds is 7. The van der Waals surface area contributed by atoms with Crippen LogP contribution in [0.25, 0.3) is 0 Å². The molecule has 0 aromatic heterocycles. The molecule has 0 bridgehead atoms. The maximum atomic E-state index is 3.78. The van der Waals surface area contributed by atoms with Gasteiger partial charge in [-0.15, -0.1) is 0 Å². The highest BCUT2D eigenvalue weighted by atomic mass is 32.2. The van der Waals surface area contributed by atoms with Gasteiger partial charge in [-0.25, -0.2) is 0 Å². The summed E-state index contributed by atoms with van der Waals surface area (Å²) in [6.45, 7) is 8.49. The van der Waals surface area contributed by atoms with E-state index in [4.69, 9.17) is 0 Å². The molecular weight excluding hydrogens is 226 g/mol. The molecule has 1 nitrogen and oxygen atoms in total. The molecule has 2 unspecified atom stereocenters. The molecule has 0 heterocycles. The molecular formula is C15H31NS. The summed E-state index contributed by atoms with van der Waals surface area (Å²) >= 11 is 1.97. The fourth-order valence-electron chi connectivity index (χ4n) is 3.09. The van der Waals surface area contributed by atoms with Crippen LogP contribution < -0.4 is 5.32 Å². The Balaban J connectivity index is 2.08. The molecule has 0 radical (unpaired) electrons. The molecule has 1 aliphatic rings. The van der Waals surface area contributed by atoms with Crippen molar-refractivity contribution in [2.75, 3.05) is 18.6 Å². The summed E-state index contributed by atoms with van der Waals surface area (Å²) in [5, 5.41) is 3.78. The van der Waals surface area contributed by atoms with Gasteiger partial charge in [-0.05, 0) is 62.0 Å². The van der Waals surface area contributed by atoms with Gasteiger partial charge in [-0.3, -0.25) is 0 Å². The van der Waals surface area contributed by atoms with E-state index in [9.17, 15) is 0 Å². The van der Waals surface area contributed by atoms with Gasteiger partial charge in [-0.1, -0.05) is 27.2 Å². The standard InChI is InChI=1S/C15H31NS/c1-13-12-15(2,3)9-8-14(13)16-10-6-5-7-11-17-4/h13-14,16H,5-12H2,1-4H3. The molecule has 0 saturated heterocycles. The van der Waals surface area contributed by atoms with Crippen molar-refractivity contribution in [3.8, 4) is 0 Å². The Morgan fingerprint density at radius 2 is 2.00 bits per heavy atom. The first-order valence-electron chi connectivity index (χ1n) is 7.27. The minimum atomic E-state index is 0.579. The number of hydrogen-bond donors (Lipinski definition) is 1. The quantitative estimate of drug-likeness (QED) is 0.682. The molecule has 17 heavy (non-hydrogen) atoms. The van der Waals surface area contributed by atoms with Crippen LogP contribution in [0.2, 0.25) is 0 Å². The van der Waals surface area contributed by atoms with Crippen molar-refractivity contribution in [3.05, 3.63) is 0 Å². The second kappa shape index (κ2) is 7.68. The van der Waals surface area contributed by atoms with E-state index in [2.05, 4.69) is 32.3 Å². The summed E-state index contributed by atoms with van der Waals surface area (Å²) < 4.78 is 0. The van der Waals surface area contributed by atoms with E-state index in [1.165, 1.54) is 50.8 Å². The molecule has 1 N–H and O–H groups in total. The minimum Gasteiger partial charge on any atom is -0.314 e. The van der Waals surface area contributed by atoms with E-state index in [1.807, 2.05) is 11.8 Å². The predicted molar refractivity (Wildman–Crippen MR) is 80.8 cm³/mol. The molecule has 0 aromatic carbocycles. The van der Waals surface area contributed by atoms with E-state index < -0.39 is 0 Å². The van der Waals surface area contributed by atoms with Crippen LogP contribution in [0.15, 0.2) is 0 Å². The summed E-state index contributed by atoms with van der Waals surface area (Å²) in [5.41, 5.74) is 0.579. The molecule has 102 valence electrons. The smallest absolute Gasteiger partial charge is 0.00930 e. The molecule has 0 spiro atoms. The van der Waals surface area contributed by atoms with Gasteiger partial charge in [0.2, 0.25) is 0 Å². The van der Waals surface area contributed by atoms with E-state index in [1.54, 1.807) is 0 Å². The van der Waals surface area contributed by atoms with E-state index >= 15 is 0 Å². The summed E-state index contributed by atoms with van der Waals surface area (Å²) in [5.74, 6) is 2.18. The van der Waals surface area contributed by atoms with Crippen molar-refractivity contribution in [1.29, 1.82) is 0 Å². The van der Waals surface area contributed by atoms with Gasteiger partial charge in [-0.2, -0.15) is 11.8 Å². The lowest BCUT2D eigenvalue weighted by Gasteiger charge is -2.39. The Kier molecular flexibility index (Phi) is 6.94. The molecule has 1 rings (SSSR count). The van der Waals surface area contributed by atoms with Crippen molar-refractivity contribution in [2.45, 2.75) is 65.3 Å². The summed E-state index contributed by atoms with van der Waals surface area (Å²) in [7, 11) is 0. The lowest BCUT2D eigenvalue weighted by molar-refractivity contribution is 0.149. The topological polar surface area (TPSA) is 12.0 Å². The monoisotopic (exact) mass is 257 g/mol. The molecule has 0 aliphatic heterocycles. The lowest BCUT2D eigenvalue weighted by atomic mass is 9.70. The second-order valence-corrected chi connectivity index (χ2v) is 7.48. The summed E-state index contributed by atoms with van der Waals surface area (Å²) in [4.78, 5) is 0. The Labute approximate surface area is 113 Å². The number of unbranched alkanes of at least 4 members (excludes halogenated alkanes) is 2. The number of hydrogen-bond acceptors (Lipinski definition) is 2. The SMILES string of the molecule is CSCCCCCNC1CCC(C)(C)CC1C. The van der Waals surface area contributed by atoms with Crippen molar-refractivity contribution >= 4 is 11.8 Å². The van der Waals surface area contributed by atoms with Crippen molar-refractivity contribution in [3.63, 3.8) is 0 Å². The van der Waals surface area contributed by atoms with Crippen LogP contribution in [-0.4, -0.2) is 24.6 Å². The molecule has 2 atom stereocenters. The van der Waals surface area contributed by atoms with Gasteiger partial charge in [0.1, 0.15) is 0 Å². The third-order valence-electron chi connectivity index (χ3n) is 4.13. The van der Waals surface area contributed by atoms with Crippen LogP contribution in [-0.2, 0) is 0 Å². The minimum absolute atomic E-state index is 0.579. The third-order valence-corrected chi connectivity index (χ3v) is 4.82. The molecule has 0 aromatic rings. The summed E-state index contributed by atoms with van der Waals surface area (Å²) in [6.07, 6.45) is 10.5. The van der Waals surface area contributed by atoms with Crippen LogP contribution in [0.3, 0.4) is 0 Å². The van der Waals surface area contributed by atoms with E-state index in [-0.39, 0.29) is 0 Å². The average molecular weight is 257 g/mol. The van der Waals surface area contributed by atoms with E-state index in [0.29, 0.717) is 5.41 Å². The Morgan fingerprint density at radius 1 is 1.24 bits per heavy atom. The summed E-state index contributed by atoms with van der Waals surface area (Å²) in [6, 6.07) is 0.781. The van der Waals surface area contributed by atoms with Gasteiger partial charge < -0.3 is 5.32 Å². The first-order chi connectivity index (χ1) is 8.05. The van der Waals surface area contributed by atoms with Crippen LogP contribution in [0.4, 0.5) is 0 Å². The van der Waals surface area contributed by atoms with Crippen LogP contribution in [0, 0.1) is 11.3 Å². The fraction of sp³-hybridized carbons (Fsp3) is 1.00. The van der Waals surface area contributed by atoms with Crippen molar-refractivity contribution in [1.82, 2.24) is 5.32 Å². The van der Waals surface area contributed by atoms with Gasteiger partial charge in [0.25, 0.3) is 0 Å². The molecule has 1 saturated carbocycles. The third kappa shape index (κ3) is 6.15. The Bertz CT molecular complexity index is 203. The predicted octanol–water partition coefficient (Wildman–Crippen LogP) is 4.32. The van der Waals surface area contributed by atoms with Gasteiger partial charge >= 0.3 is 0 Å². The number of thioether (sulfide) groups is 1. The highest BCUT2D eigenvalue weighted by Gasteiger charge is 2.31. The first-order valence-corrected chi connectivity index (χ1v) is 8.67. The highest BCUT2D eigenvalue weighted by Crippen LogP contribution is 2.38. The first kappa shape index (κ1) is 15.4. The van der Waals surface area contributed by atoms with Crippen LogP contribution in [0.1, 0.15) is 59.3 Å². The zero-order valence-electron chi connectivity index (χ0n) is 12.2. The normalized spacial score (nSPS) is 28.2. The Hall–Kier alpha value is 0.310. The lowest BCUT2D eigenvalue weighted by Crippen LogP contribution is -2.42. The second-order valence-electron chi connectivity index (χ2n) is 6.50. The van der Waals surface area contributed by atoms with Gasteiger partial charge in [0, 0.05) is 6.04 Å². The zero-order chi connectivity index (χ0) is 12.7. The molecule has 0 amide bonds. The van der Waals surface area contributed by atoms with Gasteiger partial charge in [0.05, 0.1) is 0 Å². The Morgan fingerprint density at radius 3 is 2.65 bits per heavy atom. The van der Waals surface area contributed by atoms with Crippen molar-refractivity contribution in [2.24, 2.45) is 11.3 Å². The fourth-order valence-corrected chi connectivity index (χ4v) is 3.58. The van der Waals surface area contributed by atoms with Crippen molar-refractivity contribution < 1.29 is 0 Å². The maximum absolute atomic E-state index is 3.78.